The predicted octanol–water partition coefficient (Wildman–Crippen LogP) is 1.98. The lowest BCUT2D eigenvalue weighted by atomic mass is 10.3. The molecule has 38 valence electrons. The molecule has 0 spiro atoms. The van der Waals surface area contributed by atoms with Crippen LogP contribution >= 0.6 is 0 Å². The third kappa shape index (κ3) is 5.30. The van der Waals surface area contributed by atoms with Gasteiger partial charge in [0.05, 0.1) is 0 Å². The van der Waals surface area contributed by atoms with Gasteiger partial charge in [0.25, 0.3) is 0 Å². The minimum absolute atomic E-state index is 1.26. The first kappa shape index (κ1) is 6.30. The van der Waals surface area contributed by atoms with E-state index in [1.54, 1.807) is 0 Å². The summed E-state index contributed by atoms with van der Waals surface area (Å²) in [6, 6.07) is 0. The van der Waals surface area contributed by atoms with Crippen molar-refractivity contribution in [1.29, 1.82) is 0 Å². The van der Waals surface area contributed by atoms with Crippen LogP contribution in [0.5, 0.6) is 0 Å². The van der Waals surface area contributed by atoms with E-state index < -0.39 is 0 Å². The lowest BCUT2D eigenvalue weighted by molar-refractivity contribution is 1.40. The van der Waals surface area contributed by atoms with Gasteiger partial charge in [-0.1, -0.05) is 11.5 Å². The summed E-state index contributed by atoms with van der Waals surface area (Å²) in [6.07, 6.45) is 1.90. The average molecular weight is 94.2 g/mol. The van der Waals surface area contributed by atoms with Gasteiger partial charge in [0.1, 0.15) is 0 Å². The molecule has 0 rings (SSSR count). The maximum absolute atomic E-state index is 2.84. The molecule has 0 radical (unpaired) electrons. The lowest BCUT2D eigenvalue weighted by Gasteiger charge is -1.74. The Morgan fingerprint density at radius 1 is 1.43 bits per heavy atom. The third-order valence-electron chi connectivity index (χ3n) is 0.505. The molecule has 0 nitrogen and oxygen atoms in total. The second-order valence-corrected chi connectivity index (χ2v) is 1.62. The van der Waals surface area contributed by atoms with Gasteiger partial charge in [0.2, 0.25) is 0 Å². The molecule has 0 bridgehead atoms. The van der Waals surface area contributed by atoms with Crippen molar-refractivity contribution >= 4 is 0 Å². The van der Waals surface area contributed by atoms with Crippen LogP contribution in [0.2, 0.25) is 0 Å². The molecule has 0 aliphatic heterocycles. The van der Waals surface area contributed by atoms with Crippen molar-refractivity contribution in [3.8, 4) is 11.8 Å². The van der Waals surface area contributed by atoms with Crippen molar-refractivity contribution in [2.45, 2.75) is 20.8 Å². The van der Waals surface area contributed by atoms with E-state index >= 15 is 0 Å². The standard InChI is InChI=1S/C7H10/c1-4-5-6-7(2)3/h6H,1-3H3. The zero-order valence-electron chi connectivity index (χ0n) is 5.08. The summed E-state index contributed by atoms with van der Waals surface area (Å²) >= 11 is 0. The van der Waals surface area contributed by atoms with Gasteiger partial charge in [-0.3, -0.25) is 0 Å². The summed E-state index contributed by atoms with van der Waals surface area (Å²) < 4.78 is 0. The van der Waals surface area contributed by atoms with E-state index in [2.05, 4.69) is 11.8 Å². The molecule has 0 aliphatic rings. The first-order chi connectivity index (χ1) is 3.27. The maximum Gasteiger partial charge on any atom is -0.00235 e. The molecule has 7 heavy (non-hydrogen) atoms. The molecule has 0 fully saturated rings. The highest BCUT2D eigenvalue weighted by atomic mass is 13.7. The molecule has 0 amide bonds. The molecular weight excluding hydrogens is 84.1 g/mol. The van der Waals surface area contributed by atoms with Crippen LogP contribution in [0.1, 0.15) is 20.8 Å². The quantitative estimate of drug-likeness (QED) is 0.402. The van der Waals surface area contributed by atoms with Crippen LogP contribution in [-0.2, 0) is 0 Å². The number of allylic oxidation sites excluding steroid dienone is 2. The highest BCUT2D eigenvalue weighted by Crippen LogP contribution is 1.83. The molecule has 0 aromatic rings. The van der Waals surface area contributed by atoms with E-state index in [4.69, 9.17) is 0 Å². The fourth-order valence-corrected chi connectivity index (χ4v) is 0.217. The SMILES string of the molecule is CC#CC=C(C)C. The molecule has 0 saturated heterocycles. The van der Waals surface area contributed by atoms with Crippen molar-refractivity contribution in [3.63, 3.8) is 0 Å². The summed E-state index contributed by atoms with van der Waals surface area (Å²) in [4.78, 5) is 0. The Morgan fingerprint density at radius 2 is 2.00 bits per heavy atom. The molecule has 0 heterocycles. The monoisotopic (exact) mass is 94.1 g/mol. The summed E-state index contributed by atoms with van der Waals surface area (Å²) in [5.41, 5.74) is 1.26. The third-order valence-corrected chi connectivity index (χ3v) is 0.505. The van der Waals surface area contributed by atoms with Crippen LogP contribution in [0.4, 0.5) is 0 Å². The van der Waals surface area contributed by atoms with Gasteiger partial charge in [-0.05, 0) is 26.8 Å². The van der Waals surface area contributed by atoms with Crippen LogP contribution in [0, 0.1) is 11.8 Å². The smallest absolute Gasteiger partial charge is 0.00235 e. The maximum atomic E-state index is 2.84. The Kier molecular flexibility index (Phi) is 3.14. The van der Waals surface area contributed by atoms with Crippen molar-refractivity contribution in [2.24, 2.45) is 0 Å². The Labute approximate surface area is 45.2 Å². The summed E-state index contributed by atoms with van der Waals surface area (Å²) in [5, 5.41) is 0. The van der Waals surface area contributed by atoms with E-state index in [0.29, 0.717) is 0 Å². The topological polar surface area (TPSA) is 0 Å². The van der Waals surface area contributed by atoms with Crippen molar-refractivity contribution in [3.05, 3.63) is 11.6 Å². The fourth-order valence-electron chi connectivity index (χ4n) is 0.217. The van der Waals surface area contributed by atoms with Gasteiger partial charge < -0.3 is 0 Å². The molecule has 0 N–H and O–H groups in total. The molecular formula is C7H10. The Hall–Kier alpha value is -0.700. The van der Waals surface area contributed by atoms with E-state index in [-0.39, 0.29) is 0 Å². The second-order valence-electron chi connectivity index (χ2n) is 1.62. The first-order valence-corrected chi connectivity index (χ1v) is 2.33. The van der Waals surface area contributed by atoms with E-state index in [1.165, 1.54) is 5.57 Å². The van der Waals surface area contributed by atoms with Crippen LogP contribution in [-0.4, -0.2) is 0 Å². The van der Waals surface area contributed by atoms with Gasteiger partial charge >= 0.3 is 0 Å². The van der Waals surface area contributed by atoms with Crippen molar-refractivity contribution in [1.82, 2.24) is 0 Å². The van der Waals surface area contributed by atoms with E-state index in [1.807, 2.05) is 26.8 Å². The van der Waals surface area contributed by atoms with Gasteiger partial charge in [0, 0.05) is 0 Å². The Morgan fingerprint density at radius 3 is 2.14 bits per heavy atom. The Balaban J connectivity index is 3.61. The molecule has 0 aromatic carbocycles. The predicted molar refractivity (Wildman–Crippen MR) is 32.9 cm³/mol. The average Bonchev–Trinajstić information content (AvgIpc) is 1.61. The van der Waals surface area contributed by atoms with Gasteiger partial charge in [0.15, 0.2) is 0 Å². The molecule has 0 heteroatoms. The fraction of sp³-hybridized carbons (Fsp3) is 0.429. The lowest BCUT2D eigenvalue weighted by Crippen LogP contribution is -1.56. The minimum atomic E-state index is 1.26. The second kappa shape index (κ2) is 3.49. The zero-order chi connectivity index (χ0) is 5.70. The van der Waals surface area contributed by atoms with Gasteiger partial charge in [-0.15, -0.1) is 5.92 Å². The first-order valence-electron chi connectivity index (χ1n) is 2.33. The minimum Gasteiger partial charge on any atom is -0.102 e. The molecule has 0 atom stereocenters. The highest BCUT2D eigenvalue weighted by molar-refractivity contribution is 5.17. The normalized spacial score (nSPS) is 6.14. The zero-order valence-corrected chi connectivity index (χ0v) is 5.08. The number of rotatable bonds is 0. The summed E-state index contributed by atoms with van der Waals surface area (Å²) in [7, 11) is 0. The van der Waals surface area contributed by atoms with Crippen LogP contribution in [0.25, 0.3) is 0 Å². The van der Waals surface area contributed by atoms with Crippen molar-refractivity contribution in [2.75, 3.05) is 0 Å². The van der Waals surface area contributed by atoms with Gasteiger partial charge in [-0.25, -0.2) is 0 Å². The van der Waals surface area contributed by atoms with E-state index in [9.17, 15) is 0 Å². The molecule has 0 aliphatic carbocycles. The largest absolute Gasteiger partial charge is 0.102 e. The highest BCUT2D eigenvalue weighted by Gasteiger charge is 1.65. The van der Waals surface area contributed by atoms with E-state index in [0.717, 1.165) is 0 Å². The number of hydrogen-bond acceptors (Lipinski definition) is 0. The summed E-state index contributed by atoms with van der Waals surface area (Å²) in [6.45, 7) is 5.90. The number of hydrogen-bond donors (Lipinski definition) is 0. The van der Waals surface area contributed by atoms with Crippen LogP contribution in [0.15, 0.2) is 11.6 Å². The van der Waals surface area contributed by atoms with Crippen LogP contribution in [0.3, 0.4) is 0 Å². The van der Waals surface area contributed by atoms with Crippen LogP contribution < -0.4 is 0 Å². The molecule has 0 aromatic heterocycles. The molecule has 0 saturated carbocycles. The van der Waals surface area contributed by atoms with Gasteiger partial charge in [-0.2, -0.15) is 0 Å². The van der Waals surface area contributed by atoms with Crippen molar-refractivity contribution < 1.29 is 0 Å². The molecule has 0 unspecified atom stereocenters. The summed E-state index contributed by atoms with van der Waals surface area (Å²) in [5.74, 6) is 5.61. The Bertz CT molecular complexity index is 115.